The van der Waals surface area contributed by atoms with E-state index in [4.69, 9.17) is 10.5 Å². The van der Waals surface area contributed by atoms with Gasteiger partial charge in [-0.05, 0) is 13.5 Å². The van der Waals surface area contributed by atoms with Gasteiger partial charge >= 0.3 is 0 Å². The maximum atomic E-state index is 11.2. The highest BCUT2D eigenvalue weighted by Gasteiger charge is 2.04. The van der Waals surface area contributed by atoms with Gasteiger partial charge in [-0.1, -0.05) is 0 Å². The predicted molar refractivity (Wildman–Crippen MR) is 56.1 cm³/mol. The number of likely N-dealkylation sites (N-methyl/N-ethyl adjacent to an activating group) is 1. The Labute approximate surface area is 85.6 Å². The van der Waals surface area contributed by atoms with Crippen molar-refractivity contribution in [2.24, 2.45) is 5.73 Å². The van der Waals surface area contributed by atoms with Crippen LogP contribution in [0.1, 0.15) is 6.42 Å². The number of rotatable bonds is 8. The molecule has 0 aliphatic carbocycles. The molecule has 0 radical (unpaired) electrons. The van der Waals surface area contributed by atoms with Gasteiger partial charge in [0.05, 0.1) is 6.54 Å². The van der Waals surface area contributed by atoms with Gasteiger partial charge < -0.3 is 15.8 Å². The smallest absolute Gasteiger partial charge is 0.234 e. The predicted octanol–water partition coefficient (Wildman–Crippen LogP) is -0.970. The first-order valence-electron chi connectivity index (χ1n) is 4.85. The maximum absolute atomic E-state index is 11.2. The van der Waals surface area contributed by atoms with Crippen LogP contribution in [-0.2, 0) is 9.53 Å². The summed E-state index contributed by atoms with van der Waals surface area (Å²) >= 11 is 0. The Balaban J connectivity index is 3.40. The van der Waals surface area contributed by atoms with Crippen molar-refractivity contribution >= 4 is 5.91 Å². The van der Waals surface area contributed by atoms with Crippen LogP contribution in [0.3, 0.4) is 0 Å². The van der Waals surface area contributed by atoms with Gasteiger partial charge in [0.1, 0.15) is 0 Å². The highest BCUT2D eigenvalue weighted by atomic mass is 16.5. The van der Waals surface area contributed by atoms with E-state index in [1.54, 1.807) is 7.11 Å². The third-order valence-corrected chi connectivity index (χ3v) is 1.77. The number of hydrogen-bond donors (Lipinski definition) is 2. The maximum Gasteiger partial charge on any atom is 0.234 e. The number of nitrogens with two attached hydrogens (primary N) is 1. The Bertz CT molecular complexity index is 153. The van der Waals surface area contributed by atoms with Crippen molar-refractivity contribution in [3.8, 4) is 0 Å². The normalized spacial score (nSPS) is 10.6. The van der Waals surface area contributed by atoms with E-state index < -0.39 is 0 Å². The molecular formula is C9H21N3O2. The summed E-state index contributed by atoms with van der Waals surface area (Å²) in [5.74, 6) is 0.0235. The average Bonchev–Trinajstić information content (AvgIpc) is 2.15. The summed E-state index contributed by atoms with van der Waals surface area (Å²) in [4.78, 5) is 13.2. The molecule has 0 aliphatic heterocycles. The molecule has 0 saturated carbocycles. The topological polar surface area (TPSA) is 67.6 Å². The number of amides is 1. The van der Waals surface area contributed by atoms with E-state index in [0.29, 0.717) is 19.6 Å². The lowest BCUT2D eigenvalue weighted by atomic mass is 10.4. The van der Waals surface area contributed by atoms with Crippen LogP contribution in [0.4, 0.5) is 0 Å². The number of carbonyl (C=O) groups excluding carboxylic acids is 1. The first kappa shape index (κ1) is 13.4. The fourth-order valence-corrected chi connectivity index (χ4v) is 1.07. The molecule has 5 nitrogen and oxygen atoms in total. The minimum absolute atomic E-state index is 0.0235. The Morgan fingerprint density at radius 3 is 2.86 bits per heavy atom. The molecule has 84 valence electrons. The van der Waals surface area contributed by atoms with E-state index >= 15 is 0 Å². The molecular weight excluding hydrogens is 182 g/mol. The zero-order valence-corrected chi connectivity index (χ0v) is 9.08. The standard InChI is InChI=1S/C9H21N3O2/c1-12(6-3-7-14-2)8-9(13)11-5-4-10/h3-8,10H2,1-2H3,(H,11,13). The third kappa shape index (κ3) is 7.97. The van der Waals surface area contributed by atoms with Crippen LogP contribution in [0.2, 0.25) is 0 Å². The van der Waals surface area contributed by atoms with Crippen LogP contribution in [0, 0.1) is 0 Å². The van der Waals surface area contributed by atoms with Crippen LogP contribution in [0.25, 0.3) is 0 Å². The number of nitrogens with one attached hydrogen (secondary N) is 1. The van der Waals surface area contributed by atoms with Gasteiger partial charge in [-0.2, -0.15) is 0 Å². The van der Waals surface area contributed by atoms with E-state index in [9.17, 15) is 4.79 Å². The zero-order chi connectivity index (χ0) is 10.8. The molecule has 14 heavy (non-hydrogen) atoms. The van der Waals surface area contributed by atoms with Crippen molar-refractivity contribution in [3.63, 3.8) is 0 Å². The summed E-state index contributed by atoms with van der Waals surface area (Å²) in [6, 6.07) is 0. The van der Waals surface area contributed by atoms with Crippen LogP contribution < -0.4 is 11.1 Å². The van der Waals surface area contributed by atoms with Crippen molar-refractivity contribution in [2.45, 2.75) is 6.42 Å². The lowest BCUT2D eigenvalue weighted by Crippen LogP contribution is -2.37. The summed E-state index contributed by atoms with van der Waals surface area (Å²) in [7, 11) is 3.59. The second-order valence-corrected chi connectivity index (χ2v) is 3.22. The van der Waals surface area contributed by atoms with Gasteiger partial charge in [0, 0.05) is 33.4 Å². The van der Waals surface area contributed by atoms with Gasteiger partial charge in [-0.25, -0.2) is 0 Å². The lowest BCUT2D eigenvalue weighted by Gasteiger charge is -2.15. The quantitative estimate of drug-likeness (QED) is 0.498. The molecule has 0 bridgehead atoms. The van der Waals surface area contributed by atoms with E-state index in [-0.39, 0.29) is 5.91 Å². The number of nitrogens with zero attached hydrogens (tertiary/aromatic N) is 1. The first-order chi connectivity index (χ1) is 6.70. The Hall–Kier alpha value is -0.650. The monoisotopic (exact) mass is 203 g/mol. The van der Waals surface area contributed by atoms with Crippen molar-refractivity contribution in [3.05, 3.63) is 0 Å². The van der Waals surface area contributed by atoms with Crippen LogP contribution in [0.5, 0.6) is 0 Å². The largest absolute Gasteiger partial charge is 0.385 e. The molecule has 0 aliphatic rings. The van der Waals surface area contributed by atoms with E-state index in [2.05, 4.69) is 5.32 Å². The summed E-state index contributed by atoms with van der Waals surface area (Å²) in [5.41, 5.74) is 5.26. The molecule has 0 aromatic rings. The second-order valence-electron chi connectivity index (χ2n) is 3.22. The summed E-state index contributed by atoms with van der Waals surface area (Å²) in [5, 5.41) is 2.72. The second kappa shape index (κ2) is 8.93. The molecule has 0 fully saturated rings. The van der Waals surface area contributed by atoms with Crippen molar-refractivity contribution in [1.82, 2.24) is 10.2 Å². The van der Waals surface area contributed by atoms with E-state index in [1.165, 1.54) is 0 Å². The van der Waals surface area contributed by atoms with Gasteiger partial charge in [-0.15, -0.1) is 0 Å². The minimum Gasteiger partial charge on any atom is -0.385 e. The van der Waals surface area contributed by atoms with E-state index in [0.717, 1.165) is 19.6 Å². The number of hydrogen-bond acceptors (Lipinski definition) is 4. The molecule has 0 aromatic carbocycles. The molecule has 3 N–H and O–H groups in total. The Kier molecular flexibility index (Phi) is 8.51. The molecule has 0 saturated heterocycles. The number of ether oxygens (including phenoxy) is 1. The third-order valence-electron chi connectivity index (χ3n) is 1.77. The summed E-state index contributed by atoms with van der Waals surface area (Å²) in [6.07, 6.45) is 0.942. The Morgan fingerprint density at radius 2 is 2.29 bits per heavy atom. The highest BCUT2D eigenvalue weighted by Crippen LogP contribution is 1.87. The van der Waals surface area contributed by atoms with Crippen LogP contribution >= 0.6 is 0 Å². The molecule has 0 rings (SSSR count). The molecule has 5 heteroatoms. The van der Waals surface area contributed by atoms with Crippen molar-refractivity contribution in [2.75, 3.05) is 46.9 Å². The molecule has 0 atom stereocenters. The summed E-state index contributed by atoms with van der Waals surface area (Å²) in [6.45, 7) is 3.05. The fourth-order valence-electron chi connectivity index (χ4n) is 1.07. The van der Waals surface area contributed by atoms with Gasteiger partial charge in [0.15, 0.2) is 0 Å². The minimum atomic E-state index is 0.0235. The summed E-state index contributed by atoms with van der Waals surface area (Å²) < 4.78 is 4.92. The van der Waals surface area contributed by atoms with Crippen molar-refractivity contribution in [1.29, 1.82) is 0 Å². The lowest BCUT2D eigenvalue weighted by molar-refractivity contribution is -0.121. The van der Waals surface area contributed by atoms with Crippen LogP contribution in [-0.4, -0.2) is 57.8 Å². The molecule has 0 aromatic heterocycles. The SMILES string of the molecule is COCCCN(C)CC(=O)NCCN. The molecule has 0 spiro atoms. The van der Waals surface area contributed by atoms with Crippen LogP contribution in [0.15, 0.2) is 0 Å². The molecule has 1 amide bonds. The zero-order valence-electron chi connectivity index (χ0n) is 9.08. The first-order valence-corrected chi connectivity index (χ1v) is 4.85. The molecule has 0 unspecified atom stereocenters. The number of methoxy groups -OCH3 is 1. The fraction of sp³-hybridized carbons (Fsp3) is 0.889. The van der Waals surface area contributed by atoms with Gasteiger partial charge in [-0.3, -0.25) is 9.69 Å². The molecule has 0 heterocycles. The van der Waals surface area contributed by atoms with E-state index in [1.807, 2.05) is 11.9 Å². The average molecular weight is 203 g/mol. The highest BCUT2D eigenvalue weighted by molar-refractivity contribution is 5.77. The Morgan fingerprint density at radius 1 is 1.57 bits per heavy atom. The van der Waals surface area contributed by atoms with Gasteiger partial charge in [0.2, 0.25) is 5.91 Å². The van der Waals surface area contributed by atoms with Crippen molar-refractivity contribution < 1.29 is 9.53 Å². The number of carbonyl (C=O) groups is 1. The van der Waals surface area contributed by atoms with Gasteiger partial charge in [0.25, 0.3) is 0 Å².